The van der Waals surface area contributed by atoms with Crippen molar-refractivity contribution in [1.29, 1.82) is 0 Å². The summed E-state index contributed by atoms with van der Waals surface area (Å²) in [4.78, 5) is 13.3. The monoisotopic (exact) mass is 194 g/mol. The molecule has 3 heteroatoms. The molecule has 0 aromatic carbocycles. The smallest absolute Gasteiger partial charge is 0.240 e. The van der Waals surface area contributed by atoms with Gasteiger partial charge in [0.05, 0.1) is 6.04 Å². The van der Waals surface area contributed by atoms with Gasteiger partial charge in [-0.25, -0.2) is 0 Å². The molecule has 1 unspecified atom stereocenters. The van der Waals surface area contributed by atoms with E-state index in [1.54, 1.807) is 23.1 Å². The molecule has 0 radical (unpaired) electrons. The van der Waals surface area contributed by atoms with Crippen LogP contribution < -0.4 is 5.73 Å². The first kappa shape index (κ1) is 12.7. The maximum absolute atomic E-state index is 11.7. The number of amides is 1. The van der Waals surface area contributed by atoms with E-state index in [2.05, 4.69) is 19.7 Å². The number of nitrogens with two attached hydrogens (primary N) is 1. The summed E-state index contributed by atoms with van der Waals surface area (Å²) in [7, 11) is 0. The van der Waals surface area contributed by atoms with Crippen LogP contribution in [0.1, 0.15) is 6.42 Å². The maximum Gasteiger partial charge on any atom is 0.240 e. The minimum atomic E-state index is -0.507. The average Bonchev–Trinajstić information content (AvgIpc) is 2.17. The second kappa shape index (κ2) is 7.09. The predicted octanol–water partition coefficient (Wildman–Crippen LogP) is 1.09. The largest absolute Gasteiger partial charge is 0.334 e. The molecule has 3 nitrogen and oxygen atoms in total. The number of carbonyl (C=O) groups excluding carboxylic acids is 1. The lowest BCUT2D eigenvalue weighted by atomic mass is 10.2. The van der Waals surface area contributed by atoms with Gasteiger partial charge in [-0.15, -0.1) is 19.7 Å². The Morgan fingerprint density at radius 2 is 1.71 bits per heavy atom. The number of rotatable bonds is 7. The molecule has 0 bridgehead atoms. The Hall–Kier alpha value is -1.35. The highest BCUT2D eigenvalue weighted by atomic mass is 16.2. The first-order valence-corrected chi connectivity index (χ1v) is 4.54. The molecule has 0 rings (SSSR count). The van der Waals surface area contributed by atoms with Crippen LogP contribution in [-0.2, 0) is 4.79 Å². The van der Waals surface area contributed by atoms with Gasteiger partial charge in [-0.2, -0.15) is 0 Å². The molecule has 0 aromatic heterocycles. The van der Waals surface area contributed by atoms with E-state index in [4.69, 9.17) is 5.73 Å². The van der Waals surface area contributed by atoms with E-state index in [-0.39, 0.29) is 5.91 Å². The number of hydrogen-bond acceptors (Lipinski definition) is 2. The van der Waals surface area contributed by atoms with Crippen LogP contribution in [0.15, 0.2) is 38.0 Å². The second-order valence-corrected chi connectivity index (χ2v) is 2.95. The first-order chi connectivity index (χ1) is 6.67. The minimum absolute atomic E-state index is 0.0929. The average molecular weight is 194 g/mol. The van der Waals surface area contributed by atoms with Gasteiger partial charge < -0.3 is 10.6 Å². The van der Waals surface area contributed by atoms with E-state index >= 15 is 0 Å². The topological polar surface area (TPSA) is 46.3 Å². The molecule has 0 fully saturated rings. The van der Waals surface area contributed by atoms with Gasteiger partial charge >= 0.3 is 0 Å². The molecule has 1 amide bonds. The Balaban J connectivity index is 4.31. The van der Waals surface area contributed by atoms with Crippen LogP contribution in [0.3, 0.4) is 0 Å². The van der Waals surface area contributed by atoms with Crippen LogP contribution in [0.2, 0.25) is 0 Å². The highest BCUT2D eigenvalue weighted by Crippen LogP contribution is 1.98. The fraction of sp³-hybridized carbons (Fsp3) is 0.364. The van der Waals surface area contributed by atoms with Crippen molar-refractivity contribution in [3.8, 4) is 0 Å². The Labute approximate surface area is 85.6 Å². The zero-order valence-corrected chi connectivity index (χ0v) is 8.48. The fourth-order valence-electron chi connectivity index (χ4n) is 1.08. The van der Waals surface area contributed by atoms with Gasteiger partial charge in [-0.05, 0) is 6.42 Å². The fourth-order valence-corrected chi connectivity index (χ4v) is 1.08. The third kappa shape index (κ3) is 4.05. The lowest BCUT2D eigenvalue weighted by Crippen LogP contribution is -2.43. The molecule has 0 aliphatic carbocycles. The normalized spacial score (nSPS) is 11.5. The van der Waals surface area contributed by atoms with Crippen molar-refractivity contribution in [2.75, 3.05) is 13.1 Å². The Morgan fingerprint density at radius 1 is 1.21 bits per heavy atom. The van der Waals surface area contributed by atoms with Crippen LogP contribution in [-0.4, -0.2) is 29.9 Å². The molecule has 0 saturated carbocycles. The van der Waals surface area contributed by atoms with Crippen LogP contribution in [0.5, 0.6) is 0 Å². The molecule has 14 heavy (non-hydrogen) atoms. The lowest BCUT2D eigenvalue weighted by molar-refractivity contribution is -0.131. The van der Waals surface area contributed by atoms with E-state index in [1.165, 1.54) is 0 Å². The van der Waals surface area contributed by atoms with Gasteiger partial charge in [0, 0.05) is 13.1 Å². The van der Waals surface area contributed by atoms with E-state index < -0.39 is 6.04 Å². The highest BCUT2D eigenvalue weighted by Gasteiger charge is 2.17. The van der Waals surface area contributed by atoms with Crippen molar-refractivity contribution in [2.45, 2.75) is 12.5 Å². The zero-order valence-electron chi connectivity index (χ0n) is 8.48. The number of nitrogens with zero attached hydrogens (tertiary/aromatic N) is 1. The van der Waals surface area contributed by atoms with Crippen LogP contribution in [0, 0.1) is 0 Å². The zero-order chi connectivity index (χ0) is 11.0. The minimum Gasteiger partial charge on any atom is -0.334 e. The van der Waals surface area contributed by atoms with Crippen molar-refractivity contribution in [1.82, 2.24) is 4.90 Å². The maximum atomic E-state index is 11.7. The van der Waals surface area contributed by atoms with Gasteiger partial charge in [0.2, 0.25) is 5.91 Å². The number of hydrogen-bond donors (Lipinski definition) is 1. The van der Waals surface area contributed by atoms with Crippen molar-refractivity contribution in [3.63, 3.8) is 0 Å². The van der Waals surface area contributed by atoms with Gasteiger partial charge in [0.25, 0.3) is 0 Å². The van der Waals surface area contributed by atoms with Crippen molar-refractivity contribution >= 4 is 5.91 Å². The van der Waals surface area contributed by atoms with Gasteiger partial charge in [0.15, 0.2) is 0 Å². The van der Waals surface area contributed by atoms with Crippen molar-refractivity contribution in [2.24, 2.45) is 5.73 Å². The molecule has 0 aliphatic heterocycles. The van der Waals surface area contributed by atoms with Crippen molar-refractivity contribution in [3.05, 3.63) is 38.0 Å². The SMILES string of the molecule is C=CCC(N)C(=O)N(CC=C)CC=C. The second-order valence-electron chi connectivity index (χ2n) is 2.95. The molecule has 0 aromatic rings. The molecule has 78 valence electrons. The quantitative estimate of drug-likeness (QED) is 0.617. The van der Waals surface area contributed by atoms with Gasteiger partial charge in [0.1, 0.15) is 0 Å². The van der Waals surface area contributed by atoms with E-state index in [1.807, 2.05) is 0 Å². The standard InChI is InChI=1S/C11H18N2O/c1-4-7-10(12)11(14)13(8-5-2)9-6-3/h4-6,10H,1-3,7-9,12H2. The van der Waals surface area contributed by atoms with Gasteiger partial charge in [-0.3, -0.25) is 4.79 Å². The summed E-state index contributed by atoms with van der Waals surface area (Å²) in [6, 6.07) is -0.507. The Morgan fingerprint density at radius 3 is 2.07 bits per heavy atom. The van der Waals surface area contributed by atoms with E-state index in [0.717, 1.165) is 0 Å². The summed E-state index contributed by atoms with van der Waals surface area (Å²) in [6.07, 6.45) is 5.47. The molecule has 2 N–H and O–H groups in total. The summed E-state index contributed by atoms with van der Waals surface area (Å²) in [5, 5.41) is 0. The highest BCUT2D eigenvalue weighted by molar-refractivity contribution is 5.82. The Kier molecular flexibility index (Phi) is 6.41. The van der Waals surface area contributed by atoms with Crippen LogP contribution >= 0.6 is 0 Å². The summed E-state index contributed by atoms with van der Waals surface area (Å²) < 4.78 is 0. The molecule has 0 spiro atoms. The molecular formula is C11H18N2O. The molecule has 0 saturated heterocycles. The summed E-state index contributed by atoms with van der Waals surface area (Å²) in [5.74, 6) is -0.0929. The first-order valence-electron chi connectivity index (χ1n) is 4.54. The molecule has 0 heterocycles. The summed E-state index contributed by atoms with van der Waals surface area (Å²) >= 11 is 0. The molecule has 0 aliphatic rings. The summed E-state index contributed by atoms with van der Waals surface area (Å²) in [5.41, 5.74) is 5.66. The third-order valence-corrected chi connectivity index (χ3v) is 1.75. The third-order valence-electron chi connectivity index (χ3n) is 1.75. The van der Waals surface area contributed by atoms with E-state index in [0.29, 0.717) is 19.5 Å². The van der Waals surface area contributed by atoms with E-state index in [9.17, 15) is 4.79 Å². The predicted molar refractivity (Wildman–Crippen MR) is 59.8 cm³/mol. The summed E-state index contributed by atoms with van der Waals surface area (Å²) in [6.45, 7) is 11.7. The van der Waals surface area contributed by atoms with Crippen molar-refractivity contribution < 1.29 is 4.79 Å². The van der Waals surface area contributed by atoms with Crippen LogP contribution in [0.25, 0.3) is 0 Å². The number of carbonyl (C=O) groups is 1. The lowest BCUT2D eigenvalue weighted by Gasteiger charge is -2.22. The van der Waals surface area contributed by atoms with Gasteiger partial charge in [-0.1, -0.05) is 18.2 Å². The Bertz CT molecular complexity index is 213. The van der Waals surface area contributed by atoms with Crippen LogP contribution in [0.4, 0.5) is 0 Å². The molecule has 1 atom stereocenters. The molecular weight excluding hydrogens is 176 g/mol.